The van der Waals surface area contributed by atoms with Crippen molar-refractivity contribution in [1.29, 1.82) is 0 Å². The molecule has 30 heavy (non-hydrogen) atoms. The van der Waals surface area contributed by atoms with Crippen molar-refractivity contribution in [1.82, 2.24) is 30.3 Å². The maximum Gasteiger partial charge on any atom is 0.274 e. The van der Waals surface area contributed by atoms with Crippen molar-refractivity contribution in [2.45, 2.75) is 43.6 Å². The number of phenols is 1. The van der Waals surface area contributed by atoms with Crippen LogP contribution in [-0.4, -0.2) is 61.4 Å². The number of phenolic OH excluding ortho intramolecular Hbond substituents is 1. The third-order valence-electron chi connectivity index (χ3n) is 6.27. The van der Waals surface area contributed by atoms with E-state index in [-0.39, 0.29) is 29.2 Å². The number of nitrogens with one attached hydrogen (secondary N) is 1. The van der Waals surface area contributed by atoms with E-state index in [1.807, 2.05) is 7.05 Å². The van der Waals surface area contributed by atoms with Crippen LogP contribution in [0.25, 0.3) is 22.2 Å². The molecule has 2 fully saturated rings. The topological polar surface area (TPSA) is 109 Å². The number of hydrogen-bond acceptors (Lipinski definition) is 8. The van der Waals surface area contributed by atoms with Gasteiger partial charge < -0.3 is 15.3 Å². The van der Waals surface area contributed by atoms with Crippen LogP contribution in [-0.2, 0) is 7.05 Å². The van der Waals surface area contributed by atoms with Gasteiger partial charge in [-0.15, -0.1) is 10.2 Å². The Labute approximate surface area is 171 Å². The number of anilines is 1. The van der Waals surface area contributed by atoms with Crippen molar-refractivity contribution in [2.24, 2.45) is 7.05 Å². The van der Waals surface area contributed by atoms with E-state index in [0.717, 1.165) is 12.8 Å². The van der Waals surface area contributed by atoms with Gasteiger partial charge in [0.15, 0.2) is 11.6 Å². The lowest BCUT2D eigenvalue weighted by Crippen LogP contribution is -2.55. The summed E-state index contributed by atoms with van der Waals surface area (Å²) < 4.78 is 16.0. The van der Waals surface area contributed by atoms with Gasteiger partial charge in [-0.3, -0.25) is 4.79 Å². The summed E-state index contributed by atoms with van der Waals surface area (Å²) >= 11 is 0. The van der Waals surface area contributed by atoms with E-state index in [4.69, 9.17) is 0 Å². The lowest BCUT2D eigenvalue weighted by Gasteiger charge is -2.38. The minimum Gasteiger partial charge on any atom is -0.507 e. The van der Waals surface area contributed by atoms with Crippen molar-refractivity contribution in [3.8, 4) is 17.1 Å². The Morgan fingerprint density at radius 2 is 2.10 bits per heavy atom. The summed E-state index contributed by atoms with van der Waals surface area (Å²) in [6, 6.07) is 2.96. The molecule has 0 spiro atoms. The number of fused-ring (bicyclic) bond motifs is 3. The molecule has 1 aromatic carbocycles. The van der Waals surface area contributed by atoms with E-state index < -0.39 is 6.17 Å². The van der Waals surface area contributed by atoms with Crippen molar-refractivity contribution >= 4 is 16.6 Å². The number of aromatic nitrogens is 5. The zero-order valence-corrected chi connectivity index (χ0v) is 16.7. The SMILES string of the molecule is CN(c1cnc(-c2cc3cnn(C)c(=O)c3cc2O)nn1)[C@H]1C[C@@H]2CC[C@@H](N2)[C@H]1F. The normalized spacial score (nSPS) is 25.6. The van der Waals surface area contributed by atoms with E-state index in [2.05, 4.69) is 25.6 Å². The Morgan fingerprint density at radius 1 is 1.27 bits per heavy atom. The molecule has 2 bridgehead atoms. The molecule has 4 heterocycles. The number of hydrogen-bond donors (Lipinski definition) is 2. The van der Waals surface area contributed by atoms with Gasteiger partial charge in [-0.25, -0.2) is 14.1 Å². The number of aromatic hydroxyl groups is 1. The zero-order valence-electron chi connectivity index (χ0n) is 16.7. The largest absolute Gasteiger partial charge is 0.507 e. The standard InChI is InChI=1S/C20H22FN7O2/c1-27(15-6-11-3-4-14(24-11)18(15)21)17-9-22-19(26-25-17)13-5-10-8-23-28(2)20(30)12(10)7-16(13)29/h5,7-9,11,14-15,18,24,29H,3-4,6H2,1-2H3/t11-,14+,15-,18+/m0/s1. The summed E-state index contributed by atoms with van der Waals surface area (Å²) in [5, 5.41) is 27.0. The monoisotopic (exact) mass is 411 g/mol. The molecular weight excluding hydrogens is 389 g/mol. The fraction of sp³-hybridized carbons (Fsp3) is 0.450. The highest BCUT2D eigenvalue weighted by Gasteiger charge is 2.43. The average molecular weight is 411 g/mol. The second-order valence-electron chi connectivity index (χ2n) is 8.08. The summed E-state index contributed by atoms with van der Waals surface area (Å²) in [4.78, 5) is 18.3. The van der Waals surface area contributed by atoms with E-state index in [1.54, 1.807) is 24.2 Å². The smallest absolute Gasteiger partial charge is 0.274 e. The highest BCUT2D eigenvalue weighted by Crippen LogP contribution is 2.34. The van der Waals surface area contributed by atoms with Gasteiger partial charge in [-0.05, 0) is 31.4 Å². The molecule has 0 amide bonds. The van der Waals surface area contributed by atoms with Gasteiger partial charge in [0, 0.05) is 31.6 Å². The van der Waals surface area contributed by atoms with Crippen molar-refractivity contribution < 1.29 is 9.50 Å². The first-order valence-corrected chi connectivity index (χ1v) is 9.94. The van der Waals surface area contributed by atoms with E-state index in [1.165, 1.54) is 16.9 Å². The second-order valence-corrected chi connectivity index (χ2v) is 8.08. The summed E-state index contributed by atoms with van der Waals surface area (Å²) in [7, 11) is 3.35. The number of nitrogens with zero attached hydrogens (tertiary/aromatic N) is 6. The van der Waals surface area contributed by atoms with E-state index in [0.29, 0.717) is 34.6 Å². The van der Waals surface area contributed by atoms with Crippen LogP contribution in [0, 0.1) is 0 Å². The molecule has 2 aliphatic rings. The number of alkyl halides is 1. The summed E-state index contributed by atoms with van der Waals surface area (Å²) in [5.41, 5.74) is 0.0459. The lowest BCUT2D eigenvalue weighted by atomic mass is 9.96. The van der Waals surface area contributed by atoms with Crippen molar-refractivity contribution in [3.05, 3.63) is 34.9 Å². The predicted octanol–water partition coefficient (Wildman–Crippen LogP) is 1.16. The molecule has 2 aromatic heterocycles. The van der Waals surface area contributed by atoms with Crippen LogP contribution in [0.5, 0.6) is 5.75 Å². The molecule has 4 atom stereocenters. The number of halogens is 1. The van der Waals surface area contributed by atoms with E-state index >= 15 is 0 Å². The molecule has 5 rings (SSSR count). The first-order valence-electron chi connectivity index (χ1n) is 9.94. The van der Waals surface area contributed by atoms with Crippen LogP contribution in [0.3, 0.4) is 0 Å². The predicted molar refractivity (Wildman–Crippen MR) is 109 cm³/mol. The first kappa shape index (κ1) is 18.9. The molecule has 2 saturated heterocycles. The van der Waals surface area contributed by atoms with Crippen molar-refractivity contribution in [3.63, 3.8) is 0 Å². The van der Waals surface area contributed by atoms with Gasteiger partial charge in [0.2, 0.25) is 0 Å². The number of piperidine rings is 1. The first-order chi connectivity index (χ1) is 14.4. The Balaban J connectivity index is 1.44. The minimum atomic E-state index is -0.977. The Morgan fingerprint density at radius 3 is 2.87 bits per heavy atom. The van der Waals surface area contributed by atoms with Gasteiger partial charge in [0.05, 0.1) is 29.4 Å². The Kier molecular flexibility index (Phi) is 4.39. The fourth-order valence-corrected chi connectivity index (χ4v) is 4.52. The molecule has 2 N–H and O–H groups in total. The molecule has 0 saturated carbocycles. The Hall–Kier alpha value is -3.14. The third kappa shape index (κ3) is 2.98. The minimum absolute atomic E-state index is 0.104. The van der Waals surface area contributed by atoms with Gasteiger partial charge in [0.25, 0.3) is 5.56 Å². The van der Waals surface area contributed by atoms with Crippen LogP contribution in [0.15, 0.2) is 29.3 Å². The molecular formula is C20H22FN7O2. The van der Waals surface area contributed by atoms with Crippen LogP contribution in [0.2, 0.25) is 0 Å². The highest BCUT2D eigenvalue weighted by atomic mass is 19.1. The zero-order chi connectivity index (χ0) is 21.0. The maximum absolute atomic E-state index is 14.8. The maximum atomic E-state index is 14.8. The Bertz CT molecular complexity index is 1170. The molecule has 3 aromatic rings. The van der Waals surface area contributed by atoms with Gasteiger partial charge in [-0.1, -0.05) is 0 Å². The quantitative estimate of drug-likeness (QED) is 0.661. The number of aryl methyl sites for hydroxylation is 1. The number of benzene rings is 1. The van der Waals surface area contributed by atoms with Gasteiger partial charge >= 0.3 is 0 Å². The summed E-state index contributed by atoms with van der Waals surface area (Å²) in [5.74, 6) is 0.574. The fourth-order valence-electron chi connectivity index (χ4n) is 4.52. The molecule has 10 heteroatoms. The van der Waals surface area contributed by atoms with Crippen LogP contribution in [0.1, 0.15) is 19.3 Å². The summed E-state index contributed by atoms with van der Waals surface area (Å²) in [6.45, 7) is 0. The second kappa shape index (κ2) is 6.98. The lowest BCUT2D eigenvalue weighted by molar-refractivity contribution is 0.176. The van der Waals surface area contributed by atoms with Gasteiger partial charge in [0.1, 0.15) is 11.9 Å². The molecule has 0 aliphatic carbocycles. The summed E-state index contributed by atoms with van der Waals surface area (Å²) in [6.07, 6.45) is 4.67. The number of rotatable bonds is 3. The highest BCUT2D eigenvalue weighted by molar-refractivity contribution is 5.88. The molecule has 9 nitrogen and oxygen atoms in total. The van der Waals surface area contributed by atoms with E-state index in [9.17, 15) is 14.3 Å². The average Bonchev–Trinajstić information content (AvgIpc) is 3.17. The molecule has 2 aliphatic heterocycles. The van der Waals surface area contributed by atoms with Crippen LogP contribution >= 0.6 is 0 Å². The molecule has 156 valence electrons. The molecule has 0 radical (unpaired) electrons. The third-order valence-corrected chi connectivity index (χ3v) is 6.27. The van der Waals surface area contributed by atoms with Crippen molar-refractivity contribution in [2.75, 3.05) is 11.9 Å². The van der Waals surface area contributed by atoms with Crippen LogP contribution < -0.4 is 15.8 Å². The van der Waals surface area contributed by atoms with Crippen LogP contribution in [0.4, 0.5) is 10.2 Å². The van der Waals surface area contributed by atoms with Gasteiger partial charge in [-0.2, -0.15) is 5.10 Å². The molecule has 0 unspecified atom stereocenters.